The SMILES string of the molecule is CCC(=O)Cc1ccc(-c2cn3c(c2CN(C)C)c(=O)n(-c2cccc(OC)c2F)c(=O)n3Cc2c(F)cccc2F)cc1. The van der Waals surface area contributed by atoms with E-state index in [9.17, 15) is 23.2 Å². The van der Waals surface area contributed by atoms with Crippen LogP contribution in [0.5, 0.6) is 5.75 Å². The predicted octanol–water partition coefficient (Wildman–Crippen LogP) is 4.98. The molecule has 0 bridgehead atoms. The van der Waals surface area contributed by atoms with Crippen molar-refractivity contribution >= 4 is 11.3 Å². The zero-order chi connectivity index (χ0) is 31.7. The molecule has 228 valence electrons. The largest absolute Gasteiger partial charge is 0.494 e. The number of rotatable bonds is 10. The Labute approximate surface area is 251 Å². The van der Waals surface area contributed by atoms with Gasteiger partial charge in [-0.05, 0) is 49.5 Å². The third-order valence-corrected chi connectivity index (χ3v) is 7.48. The van der Waals surface area contributed by atoms with Crippen LogP contribution in [0.1, 0.15) is 30.0 Å². The van der Waals surface area contributed by atoms with E-state index in [2.05, 4.69) is 0 Å². The highest BCUT2D eigenvalue weighted by Crippen LogP contribution is 2.30. The molecule has 0 radical (unpaired) electrons. The molecule has 3 aromatic carbocycles. The Hall–Kier alpha value is -4.90. The molecule has 11 heteroatoms. The summed E-state index contributed by atoms with van der Waals surface area (Å²) in [5.74, 6) is -2.80. The number of hydrogen-bond donors (Lipinski definition) is 0. The Morgan fingerprint density at radius 3 is 2.18 bits per heavy atom. The van der Waals surface area contributed by atoms with Crippen LogP contribution in [0.25, 0.3) is 22.3 Å². The maximum Gasteiger partial charge on any atom is 0.351 e. The molecule has 0 fully saturated rings. The molecule has 0 aliphatic heterocycles. The summed E-state index contributed by atoms with van der Waals surface area (Å²) in [6.07, 6.45) is 2.26. The minimum absolute atomic E-state index is 0.0255. The Morgan fingerprint density at radius 2 is 1.57 bits per heavy atom. The van der Waals surface area contributed by atoms with Crippen molar-refractivity contribution in [1.29, 1.82) is 0 Å². The molecule has 5 aromatic rings. The third-order valence-electron chi connectivity index (χ3n) is 7.48. The van der Waals surface area contributed by atoms with E-state index in [1.54, 1.807) is 27.2 Å². The fourth-order valence-electron chi connectivity index (χ4n) is 5.25. The summed E-state index contributed by atoms with van der Waals surface area (Å²) >= 11 is 0. The number of nitrogens with zero attached hydrogens (tertiary/aromatic N) is 4. The molecule has 2 aromatic heterocycles. The topological polar surface area (TPSA) is 78.0 Å². The van der Waals surface area contributed by atoms with Gasteiger partial charge in [-0.1, -0.05) is 43.3 Å². The normalized spacial score (nSPS) is 11.5. The Balaban J connectivity index is 1.86. The first kappa shape index (κ1) is 30.6. The number of fused-ring (bicyclic) bond motifs is 1. The average Bonchev–Trinajstić information content (AvgIpc) is 3.36. The van der Waals surface area contributed by atoms with Crippen molar-refractivity contribution in [2.75, 3.05) is 21.2 Å². The molecule has 0 aliphatic rings. The van der Waals surface area contributed by atoms with E-state index < -0.39 is 40.8 Å². The Bertz CT molecular complexity index is 1970. The fourth-order valence-corrected chi connectivity index (χ4v) is 5.25. The van der Waals surface area contributed by atoms with E-state index in [1.165, 1.54) is 35.9 Å². The van der Waals surface area contributed by atoms with Crippen molar-refractivity contribution in [3.63, 3.8) is 0 Å². The smallest absolute Gasteiger partial charge is 0.351 e. The lowest BCUT2D eigenvalue weighted by Gasteiger charge is -2.17. The molecule has 0 unspecified atom stereocenters. The van der Waals surface area contributed by atoms with Gasteiger partial charge in [0.15, 0.2) is 11.6 Å². The van der Waals surface area contributed by atoms with Crippen molar-refractivity contribution in [2.45, 2.75) is 32.9 Å². The molecule has 0 saturated heterocycles. The molecular weight excluding hydrogens is 573 g/mol. The number of hydrogen-bond acceptors (Lipinski definition) is 5. The summed E-state index contributed by atoms with van der Waals surface area (Å²) in [7, 11) is 4.86. The molecule has 44 heavy (non-hydrogen) atoms. The number of carbonyl (C=O) groups is 1. The van der Waals surface area contributed by atoms with Crippen LogP contribution in [0.15, 0.2) is 76.4 Å². The summed E-state index contributed by atoms with van der Waals surface area (Å²) in [5.41, 5.74) is 0.0260. The van der Waals surface area contributed by atoms with E-state index in [0.29, 0.717) is 27.7 Å². The number of carbonyl (C=O) groups excluding carboxylic acids is 1. The van der Waals surface area contributed by atoms with Crippen molar-refractivity contribution in [2.24, 2.45) is 0 Å². The molecule has 5 rings (SSSR count). The minimum atomic E-state index is -1.01. The number of halogens is 3. The number of Topliss-reactive ketones (excluding diaryl/α,β-unsaturated/α-hetero) is 1. The van der Waals surface area contributed by atoms with E-state index in [-0.39, 0.29) is 35.7 Å². The number of ketones is 1. The molecule has 0 spiro atoms. The monoisotopic (exact) mass is 604 g/mol. The Morgan fingerprint density at radius 1 is 0.909 bits per heavy atom. The molecular formula is C33H31F3N4O4. The quantitative estimate of drug-likeness (QED) is 0.225. The molecule has 0 atom stereocenters. The van der Waals surface area contributed by atoms with Crippen molar-refractivity contribution < 1.29 is 22.7 Å². The summed E-state index contributed by atoms with van der Waals surface area (Å²) in [4.78, 5) is 42.1. The Kier molecular flexibility index (Phi) is 8.59. The summed E-state index contributed by atoms with van der Waals surface area (Å²) < 4.78 is 53.3. The van der Waals surface area contributed by atoms with Crippen LogP contribution in [-0.2, 0) is 24.3 Å². The van der Waals surface area contributed by atoms with Gasteiger partial charge in [0.05, 0.1) is 19.3 Å². The van der Waals surface area contributed by atoms with Gasteiger partial charge in [-0.25, -0.2) is 27.2 Å². The van der Waals surface area contributed by atoms with Crippen LogP contribution in [0.3, 0.4) is 0 Å². The first-order chi connectivity index (χ1) is 21.0. The highest BCUT2D eigenvalue weighted by molar-refractivity contribution is 5.81. The maximum atomic E-state index is 15.5. The summed E-state index contributed by atoms with van der Waals surface area (Å²) in [6, 6.07) is 14.6. The van der Waals surface area contributed by atoms with Crippen LogP contribution < -0.4 is 16.0 Å². The molecule has 0 saturated carbocycles. The van der Waals surface area contributed by atoms with Gasteiger partial charge in [0.25, 0.3) is 5.56 Å². The van der Waals surface area contributed by atoms with E-state index in [0.717, 1.165) is 22.4 Å². The van der Waals surface area contributed by atoms with E-state index in [4.69, 9.17) is 4.74 Å². The van der Waals surface area contributed by atoms with E-state index in [1.807, 2.05) is 29.2 Å². The zero-order valence-corrected chi connectivity index (χ0v) is 24.7. The maximum absolute atomic E-state index is 15.5. The fraction of sp³-hybridized carbons (Fsp3) is 0.242. The standard InChI is InChI=1S/C33H31F3N4O4/c1-5-22(41)16-20-12-14-21(15-13-20)23-18-38-31(24(23)17-37(2)3)32(42)40(28-10-7-11-29(44-4)30(28)36)33(43)39(38)19-25-26(34)8-6-9-27(25)35/h6-15,18H,5,16-17,19H2,1-4H3. The van der Waals surface area contributed by atoms with E-state index >= 15 is 4.39 Å². The second kappa shape index (κ2) is 12.4. The number of aromatic nitrogens is 3. The zero-order valence-electron chi connectivity index (χ0n) is 24.7. The molecule has 0 N–H and O–H groups in total. The van der Waals surface area contributed by atoms with Crippen LogP contribution in [0.2, 0.25) is 0 Å². The van der Waals surface area contributed by atoms with Crippen LogP contribution in [-0.4, -0.2) is 45.7 Å². The van der Waals surface area contributed by atoms with Crippen molar-refractivity contribution in [3.8, 4) is 22.6 Å². The number of methoxy groups -OCH3 is 1. The number of benzene rings is 3. The summed E-state index contributed by atoms with van der Waals surface area (Å²) in [6.45, 7) is 1.45. The van der Waals surface area contributed by atoms with Gasteiger partial charge in [0.2, 0.25) is 0 Å². The second-order valence-electron chi connectivity index (χ2n) is 10.7. The minimum Gasteiger partial charge on any atom is -0.494 e. The lowest BCUT2D eigenvalue weighted by Crippen LogP contribution is -2.43. The summed E-state index contributed by atoms with van der Waals surface area (Å²) in [5, 5.41) is 0. The van der Waals surface area contributed by atoms with Gasteiger partial charge in [0.1, 0.15) is 22.9 Å². The van der Waals surface area contributed by atoms with Gasteiger partial charge in [-0.2, -0.15) is 0 Å². The lowest BCUT2D eigenvalue weighted by molar-refractivity contribution is -0.118. The third kappa shape index (κ3) is 5.58. The van der Waals surface area contributed by atoms with Crippen LogP contribution in [0, 0.1) is 17.5 Å². The van der Waals surface area contributed by atoms with Crippen molar-refractivity contribution in [1.82, 2.24) is 18.7 Å². The molecule has 8 nitrogen and oxygen atoms in total. The molecule has 0 amide bonds. The second-order valence-corrected chi connectivity index (χ2v) is 10.7. The predicted molar refractivity (Wildman–Crippen MR) is 161 cm³/mol. The van der Waals surface area contributed by atoms with Gasteiger partial charge < -0.3 is 9.64 Å². The molecule has 2 heterocycles. The highest BCUT2D eigenvalue weighted by atomic mass is 19.1. The van der Waals surface area contributed by atoms with Gasteiger partial charge in [-0.15, -0.1) is 0 Å². The van der Waals surface area contributed by atoms with Gasteiger partial charge in [-0.3, -0.25) is 14.1 Å². The van der Waals surface area contributed by atoms with Gasteiger partial charge in [0, 0.05) is 42.3 Å². The van der Waals surface area contributed by atoms with Gasteiger partial charge >= 0.3 is 5.69 Å². The van der Waals surface area contributed by atoms with Crippen LogP contribution >= 0.6 is 0 Å². The first-order valence-corrected chi connectivity index (χ1v) is 14.0. The first-order valence-electron chi connectivity index (χ1n) is 14.0. The van der Waals surface area contributed by atoms with Crippen LogP contribution in [0.4, 0.5) is 13.2 Å². The van der Waals surface area contributed by atoms with Crippen molar-refractivity contribution in [3.05, 3.63) is 122 Å². The highest BCUT2D eigenvalue weighted by Gasteiger charge is 2.25. The average molecular weight is 605 g/mol. The molecule has 0 aliphatic carbocycles. The lowest BCUT2D eigenvalue weighted by atomic mass is 10.00. The number of ether oxygens (including phenoxy) is 1.